The Bertz CT molecular complexity index is 393. The first kappa shape index (κ1) is 14.1. The predicted octanol–water partition coefficient (Wildman–Crippen LogP) is 2.93. The number of sulfonamides is 1. The van der Waals surface area contributed by atoms with Crippen molar-refractivity contribution in [2.24, 2.45) is 5.92 Å². The molecule has 106 valence electrons. The molecule has 0 heterocycles. The standard InChI is InChI=1S/C11H18F3NO2S/c12-11(13,14)18(16,17)15-10-7-3-1-5-9(10)6-2-4-8-10/h9,15H,1-8H2. The summed E-state index contributed by atoms with van der Waals surface area (Å²) in [5.74, 6) is 0.0668. The van der Waals surface area contributed by atoms with Crippen LogP contribution in [0.3, 0.4) is 0 Å². The Morgan fingerprint density at radius 2 is 1.50 bits per heavy atom. The molecule has 0 spiro atoms. The molecule has 2 fully saturated rings. The second-order valence-corrected chi connectivity index (χ2v) is 7.07. The van der Waals surface area contributed by atoms with E-state index in [1.54, 1.807) is 0 Å². The zero-order chi connectivity index (χ0) is 13.4. The van der Waals surface area contributed by atoms with E-state index >= 15 is 0 Å². The van der Waals surface area contributed by atoms with Gasteiger partial charge in [0.25, 0.3) is 0 Å². The molecule has 2 aliphatic carbocycles. The Morgan fingerprint density at radius 3 is 1.94 bits per heavy atom. The van der Waals surface area contributed by atoms with Gasteiger partial charge in [0.05, 0.1) is 0 Å². The Balaban J connectivity index is 2.23. The monoisotopic (exact) mass is 285 g/mol. The summed E-state index contributed by atoms with van der Waals surface area (Å²) in [6.07, 6.45) is 6.31. The molecule has 0 aromatic heterocycles. The highest BCUT2D eigenvalue weighted by Crippen LogP contribution is 2.45. The molecule has 0 unspecified atom stereocenters. The van der Waals surface area contributed by atoms with E-state index < -0.39 is 21.1 Å². The molecule has 0 saturated heterocycles. The van der Waals surface area contributed by atoms with Crippen LogP contribution in [-0.2, 0) is 10.0 Å². The Kier molecular flexibility index (Phi) is 3.66. The molecular formula is C11H18F3NO2S. The van der Waals surface area contributed by atoms with Gasteiger partial charge in [-0.2, -0.15) is 13.2 Å². The molecule has 18 heavy (non-hydrogen) atoms. The van der Waals surface area contributed by atoms with E-state index in [0.29, 0.717) is 12.8 Å². The molecule has 1 N–H and O–H groups in total. The summed E-state index contributed by atoms with van der Waals surface area (Å²) in [6.45, 7) is 0. The minimum absolute atomic E-state index is 0.0668. The first-order valence-electron chi connectivity index (χ1n) is 6.37. The Labute approximate surface area is 105 Å². The van der Waals surface area contributed by atoms with E-state index in [9.17, 15) is 21.6 Å². The quantitative estimate of drug-likeness (QED) is 0.848. The molecule has 0 amide bonds. The zero-order valence-corrected chi connectivity index (χ0v) is 10.9. The van der Waals surface area contributed by atoms with Crippen LogP contribution >= 0.6 is 0 Å². The van der Waals surface area contributed by atoms with Crippen molar-refractivity contribution < 1.29 is 21.6 Å². The number of alkyl halides is 3. The molecule has 0 aliphatic heterocycles. The fourth-order valence-corrected chi connectivity index (χ4v) is 4.43. The van der Waals surface area contributed by atoms with Gasteiger partial charge in [0.15, 0.2) is 0 Å². The van der Waals surface area contributed by atoms with Crippen LogP contribution < -0.4 is 4.72 Å². The molecule has 0 bridgehead atoms. The van der Waals surface area contributed by atoms with E-state index in [0.717, 1.165) is 38.5 Å². The fourth-order valence-electron chi connectivity index (χ4n) is 3.40. The third kappa shape index (κ3) is 2.52. The fraction of sp³-hybridized carbons (Fsp3) is 1.00. The summed E-state index contributed by atoms with van der Waals surface area (Å²) in [4.78, 5) is 0. The topological polar surface area (TPSA) is 46.2 Å². The largest absolute Gasteiger partial charge is 0.511 e. The lowest BCUT2D eigenvalue weighted by molar-refractivity contribution is -0.0471. The highest BCUT2D eigenvalue weighted by molar-refractivity contribution is 7.90. The van der Waals surface area contributed by atoms with E-state index in [1.807, 2.05) is 4.72 Å². The number of hydrogen-bond donors (Lipinski definition) is 1. The van der Waals surface area contributed by atoms with Crippen LogP contribution in [0, 0.1) is 5.92 Å². The molecule has 2 aliphatic rings. The average molecular weight is 285 g/mol. The van der Waals surface area contributed by atoms with Gasteiger partial charge in [0.1, 0.15) is 0 Å². The number of nitrogens with one attached hydrogen (secondary N) is 1. The Hall–Kier alpha value is -0.300. The van der Waals surface area contributed by atoms with Gasteiger partial charge in [-0.25, -0.2) is 13.1 Å². The zero-order valence-electron chi connectivity index (χ0n) is 10.1. The normalized spacial score (nSPS) is 34.1. The average Bonchev–Trinajstić information content (AvgIpc) is 2.26. The maximum Gasteiger partial charge on any atom is 0.511 e. The summed E-state index contributed by atoms with van der Waals surface area (Å²) < 4.78 is 62.1. The van der Waals surface area contributed by atoms with Crippen LogP contribution in [0.4, 0.5) is 13.2 Å². The Morgan fingerprint density at radius 1 is 1.00 bits per heavy atom. The number of hydrogen-bond acceptors (Lipinski definition) is 2. The molecule has 7 heteroatoms. The van der Waals surface area contributed by atoms with E-state index in [4.69, 9.17) is 0 Å². The molecule has 2 rings (SSSR count). The van der Waals surface area contributed by atoms with Crippen LogP contribution in [0.25, 0.3) is 0 Å². The van der Waals surface area contributed by atoms with Crippen molar-refractivity contribution in [2.75, 3.05) is 0 Å². The smallest absolute Gasteiger partial charge is 0.203 e. The van der Waals surface area contributed by atoms with Crippen molar-refractivity contribution >= 4 is 10.0 Å². The van der Waals surface area contributed by atoms with Crippen molar-refractivity contribution in [3.05, 3.63) is 0 Å². The van der Waals surface area contributed by atoms with Crippen LogP contribution in [-0.4, -0.2) is 19.5 Å². The van der Waals surface area contributed by atoms with Gasteiger partial charge >= 0.3 is 15.5 Å². The van der Waals surface area contributed by atoms with Crippen molar-refractivity contribution in [1.82, 2.24) is 4.72 Å². The van der Waals surface area contributed by atoms with Crippen molar-refractivity contribution in [3.63, 3.8) is 0 Å². The summed E-state index contributed by atoms with van der Waals surface area (Å²) in [6, 6.07) is 0. The third-order valence-electron chi connectivity index (χ3n) is 4.27. The van der Waals surface area contributed by atoms with Crippen molar-refractivity contribution in [2.45, 2.75) is 62.4 Å². The van der Waals surface area contributed by atoms with Crippen molar-refractivity contribution in [3.8, 4) is 0 Å². The molecule has 3 nitrogen and oxygen atoms in total. The van der Waals surface area contributed by atoms with E-state index in [-0.39, 0.29) is 5.92 Å². The minimum Gasteiger partial charge on any atom is -0.203 e. The van der Waals surface area contributed by atoms with Crippen LogP contribution in [0.1, 0.15) is 51.4 Å². The number of halogens is 3. The summed E-state index contributed by atoms with van der Waals surface area (Å²) in [7, 11) is -5.23. The lowest BCUT2D eigenvalue weighted by atomic mass is 9.66. The second kappa shape index (κ2) is 4.67. The second-order valence-electron chi connectivity index (χ2n) is 5.40. The SMILES string of the molecule is O=S(=O)(NC12CCCCC1CCCC2)C(F)(F)F. The lowest BCUT2D eigenvalue weighted by Gasteiger charge is -2.47. The molecule has 0 aromatic rings. The van der Waals surface area contributed by atoms with Gasteiger partial charge in [-0.05, 0) is 31.6 Å². The first-order chi connectivity index (χ1) is 8.27. The highest BCUT2D eigenvalue weighted by atomic mass is 32.2. The lowest BCUT2D eigenvalue weighted by Crippen LogP contribution is -2.58. The predicted molar refractivity (Wildman–Crippen MR) is 61.3 cm³/mol. The first-order valence-corrected chi connectivity index (χ1v) is 7.85. The third-order valence-corrected chi connectivity index (χ3v) is 5.56. The summed E-state index contributed by atoms with van der Waals surface area (Å²) in [5.41, 5.74) is -6.05. The number of fused-ring (bicyclic) bond motifs is 1. The van der Waals surface area contributed by atoms with Gasteiger partial charge in [-0.3, -0.25) is 0 Å². The van der Waals surface area contributed by atoms with Gasteiger partial charge in [-0.1, -0.05) is 25.7 Å². The van der Waals surface area contributed by atoms with Crippen LogP contribution in [0.2, 0.25) is 0 Å². The molecule has 0 radical (unpaired) electrons. The van der Waals surface area contributed by atoms with Gasteiger partial charge < -0.3 is 0 Å². The van der Waals surface area contributed by atoms with Gasteiger partial charge in [-0.15, -0.1) is 0 Å². The van der Waals surface area contributed by atoms with Gasteiger partial charge in [0.2, 0.25) is 0 Å². The van der Waals surface area contributed by atoms with Crippen LogP contribution in [0.15, 0.2) is 0 Å². The number of rotatable bonds is 2. The van der Waals surface area contributed by atoms with E-state index in [1.165, 1.54) is 0 Å². The molecule has 2 saturated carbocycles. The molecule has 0 atom stereocenters. The molecular weight excluding hydrogens is 267 g/mol. The highest BCUT2D eigenvalue weighted by Gasteiger charge is 2.53. The molecule has 0 aromatic carbocycles. The van der Waals surface area contributed by atoms with Crippen molar-refractivity contribution in [1.29, 1.82) is 0 Å². The summed E-state index contributed by atoms with van der Waals surface area (Å²) in [5, 5.41) is 0. The maximum atomic E-state index is 12.5. The summed E-state index contributed by atoms with van der Waals surface area (Å²) >= 11 is 0. The van der Waals surface area contributed by atoms with Gasteiger partial charge in [0, 0.05) is 5.54 Å². The van der Waals surface area contributed by atoms with Crippen LogP contribution in [0.5, 0.6) is 0 Å². The van der Waals surface area contributed by atoms with E-state index in [2.05, 4.69) is 0 Å². The maximum absolute atomic E-state index is 12.5. The minimum atomic E-state index is -5.23.